The Bertz CT molecular complexity index is 429. The van der Waals surface area contributed by atoms with E-state index in [1.807, 2.05) is 4.68 Å². The summed E-state index contributed by atoms with van der Waals surface area (Å²) in [4.78, 5) is 0. The fraction of sp³-hybridized carbons (Fsp3) is 0.800. The second-order valence-corrected chi connectivity index (χ2v) is 7.72. The topological polar surface area (TPSA) is 38.0 Å². The maximum absolute atomic E-state index is 10.7. The Kier molecular flexibility index (Phi) is 4.41. The van der Waals surface area contributed by atoms with Gasteiger partial charge in [0.1, 0.15) is 0 Å². The monoisotopic (exact) mass is 328 g/mol. The van der Waals surface area contributed by atoms with Crippen molar-refractivity contribution in [2.45, 2.75) is 65.5 Å². The molecule has 1 heterocycles. The molecule has 0 amide bonds. The van der Waals surface area contributed by atoms with E-state index in [1.54, 1.807) is 6.20 Å². The van der Waals surface area contributed by atoms with Crippen LogP contribution in [0.5, 0.6) is 0 Å². The van der Waals surface area contributed by atoms with E-state index in [4.69, 9.17) is 0 Å². The van der Waals surface area contributed by atoms with Crippen molar-refractivity contribution < 1.29 is 5.11 Å². The van der Waals surface area contributed by atoms with Gasteiger partial charge in [0.2, 0.25) is 0 Å². The minimum Gasteiger partial charge on any atom is -0.386 e. The van der Waals surface area contributed by atoms with Crippen LogP contribution in [0.4, 0.5) is 0 Å². The lowest BCUT2D eigenvalue weighted by molar-refractivity contribution is 0.0492. The van der Waals surface area contributed by atoms with Gasteiger partial charge in [-0.1, -0.05) is 13.8 Å². The Morgan fingerprint density at radius 2 is 1.95 bits per heavy atom. The Balaban J connectivity index is 2.16. The lowest BCUT2D eigenvalue weighted by Crippen LogP contribution is -2.26. The molecule has 2 rings (SSSR count). The standard InChI is InChI=1S/C15H25BrN2O/c1-10(2)18-13(12(16)9-17-18)14(19)11-5-7-15(3,4)8-6-11/h9-11,14,19H,5-8H2,1-4H3. The fourth-order valence-corrected chi connectivity index (χ4v) is 3.51. The molecular formula is C15H25BrN2O. The van der Waals surface area contributed by atoms with Crippen LogP contribution in [-0.2, 0) is 0 Å². The van der Waals surface area contributed by atoms with Gasteiger partial charge in [-0.05, 0) is 66.8 Å². The summed E-state index contributed by atoms with van der Waals surface area (Å²) in [6.07, 6.45) is 5.99. The van der Waals surface area contributed by atoms with Crippen molar-refractivity contribution in [1.82, 2.24) is 9.78 Å². The highest BCUT2D eigenvalue weighted by Crippen LogP contribution is 2.44. The van der Waals surface area contributed by atoms with Crippen LogP contribution in [0.25, 0.3) is 0 Å². The second kappa shape index (κ2) is 5.57. The highest BCUT2D eigenvalue weighted by atomic mass is 79.9. The number of halogens is 1. The summed E-state index contributed by atoms with van der Waals surface area (Å²) in [7, 11) is 0. The van der Waals surface area contributed by atoms with E-state index in [9.17, 15) is 5.11 Å². The van der Waals surface area contributed by atoms with Crippen LogP contribution in [-0.4, -0.2) is 14.9 Å². The SMILES string of the molecule is CC(C)n1ncc(Br)c1C(O)C1CCC(C)(C)CC1. The molecule has 1 saturated carbocycles. The molecule has 4 heteroatoms. The van der Waals surface area contributed by atoms with E-state index in [1.165, 1.54) is 12.8 Å². The van der Waals surface area contributed by atoms with E-state index in [2.05, 4.69) is 48.7 Å². The van der Waals surface area contributed by atoms with Crippen LogP contribution in [0.15, 0.2) is 10.7 Å². The van der Waals surface area contributed by atoms with Gasteiger partial charge in [0.25, 0.3) is 0 Å². The zero-order valence-corrected chi connectivity index (χ0v) is 13.9. The Morgan fingerprint density at radius 3 is 2.47 bits per heavy atom. The molecule has 0 aromatic carbocycles. The molecular weight excluding hydrogens is 304 g/mol. The maximum Gasteiger partial charge on any atom is 0.0996 e. The molecule has 1 aliphatic carbocycles. The Morgan fingerprint density at radius 1 is 1.37 bits per heavy atom. The van der Waals surface area contributed by atoms with Gasteiger partial charge in [0.15, 0.2) is 0 Å². The molecule has 0 saturated heterocycles. The van der Waals surface area contributed by atoms with Gasteiger partial charge in [-0.2, -0.15) is 5.10 Å². The first-order chi connectivity index (χ1) is 8.82. The van der Waals surface area contributed by atoms with Crippen molar-refractivity contribution in [2.75, 3.05) is 0 Å². The largest absolute Gasteiger partial charge is 0.386 e. The molecule has 1 aromatic heterocycles. The number of hydrogen-bond acceptors (Lipinski definition) is 2. The van der Waals surface area contributed by atoms with Gasteiger partial charge in [-0.25, -0.2) is 0 Å². The van der Waals surface area contributed by atoms with E-state index < -0.39 is 6.10 Å². The van der Waals surface area contributed by atoms with Gasteiger partial charge in [0.05, 0.1) is 22.5 Å². The molecule has 1 aliphatic rings. The summed E-state index contributed by atoms with van der Waals surface area (Å²) in [5.74, 6) is 0.360. The molecule has 1 N–H and O–H groups in total. The molecule has 3 nitrogen and oxygen atoms in total. The Labute approximate surface area is 124 Å². The fourth-order valence-electron chi connectivity index (χ4n) is 3.00. The summed E-state index contributed by atoms with van der Waals surface area (Å²) in [5, 5.41) is 15.1. The quantitative estimate of drug-likeness (QED) is 0.888. The van der Waals surface area contributed by atoms with E-state index in [0.717, 1.165) is 23.0 Å². The molecule has 1 atom stereocenters. The third-order valence-corrected chi connectivity index (χ3v) is 5.00. The average Bonchev–Trinajstić information content (AvgIpc) is 2.70. The lowest BCUT2D eigenvalue weighted by atomic mass is 9.71. The zero-order chi connectivity index (χ0) is 14.2. The van der Waals surface area contributed by atoms with Crippen molar-refractivity contribution in [3.8, 4) is 0 Å². The molecule has 1 fully saturated rings. The molecule has 0 radical (unpaired) electrons. The summed E-state index contributed by atoms with van der Waals surface area (Å²) < 4.78 is 2.87. The highest BCUT2D eigenvalue weighted by molar-refractivity contribution is 9.10. The van der Waals surface area contributed by atoms with Crippen molar-refractivity contribution in [3.05, 3.63) is 16.4 Å². The second-order valence-electron chi connectivity index (χ2n) is 6.86. The third kappa shape index (κ3) is 3.22. The molecule has 108 valence electrons. The van der Waals surface area contributed by atoms with Gasteiger partial charge in [-0.3, -0.25) is 4.68 Å². The van der Waals surface area contributed by atoms with Gasteiger partial charge >= 0.3 is 0 Å². The Hall–Kier alpha value is -0.350. The summed E-state index contributed by atoms with van der Waals surface area (Å²) in [6.45, 7) is 8.84. The van der Waals surface area contributed by atoms with Crippen molar-refractivity contribution >= 4 is 15.9 Å². The average molecular weight is 329 g/mol. The van der Waals surface area contributed by atoms with Crippen LogP contribution in [0.1, 0.15) is 71.2 Å². The number of rotatable bonds is 3. The van der Waals surface area contributed by atoms with Crippen LogP contribution in [0.2, 0.25) is 0 Å². The molecule has 1 unspecified atom stereocenters. The van der Waals surface area contributed by atoms with Crippen LogP contribution in [0, 0.1) is 11.3 Å². The lowest BCUT2D eigenvalue weighted by Gasteiger charge is -2.36. The zero-order valence-electron chi connectivity index (χ0n) is 12.4. The van der Waals surface area contributed by atoms with E-state index >= 15 is 0 Å². The molecule has 0 bridgehead atoms. The smallest absolute Gasteiger partial charge is 0.0996 e. The normalized spacial score (nSPS) is 21.8. The van der Waals surface area contributed by atoms with Gasteiger partial charge in [-0.15, -0.1) is 0 Å². The molecule has 0 aliphatic heterocycles. The number of aromatic nitrogens is 2. The van der Waals surface area contributed by atoms with Gasteiger partial charge in [0, 0.05) is 6.04 Å². The number of aliphatic hydroxyl groups excluding tert-OH is 1. The highest BCUT2D eigenvalue weighted by Gasteiger charge is 2.33. The first kappa shape index (κ1) is 15.0. The summed E-state index contributed by atoms with van der Waals surface area (Å²) >= 11 is 3.53. The number of aliphatic hydroxyl groups is 1. The minimum absolute atomic E-state index is 0.274. The maximum atomic E-state index is 10.7. The number of nitrogens with zero attached hydrogens (tertiary/aromatic N) is 2. The number of hydrogen-bond donors (Lipinski definition) is 1. The molecule has 0 spiro atoms. The van der Waals surface area contributed by atoms with Crippen LogP contribution < -0.4 is 0 Å². The first-order valence-corrected chi connectivity index (χ1v) is 8.02. The van der Waals surface area contributed by atoms with Crippen LogP contribution >= 0.6 is 15.9 Å². The predicted octanol–water partition coefficient (Wildman–Crippen LogP) is 4.48. The minimum atomic E-state index is -0.407. The van der Waals surface area contributed by atoms with E-state index in [-0.39, 0.29) is 6.04 Å². The predicted molar refractivity (Wildman–Crippen MR) is 81.0 cm³/mol. The van der Waals surface area contributed by atoms with E-state index in [0.29, 0.717) is 11.3 Å². The summed E-state index contributed by atoms with van der Waals surface area (Å²) in [5.41, 5.74) is 1.38. The third-order valence-electron chi connectivity index (χ3n) is 4.39. The van der Waals surface area contributed by atoms with Gasteiger partial charge < -0.3 is 5.11 Å². The van der Waals surface area contributed by atoms with Crippen molar-refractivity contribution in [3.63, 3.8) is 0 Å². The molecule has 19 heavy (non-hydrogen) atoms. The van der Waals surface area contributed by atoms with Crippen molar-refractivity contribution in [1.29, 1.82) is 0 Å². The van der Waals surface area contributed by atoms with Crippen LogP contribution in [0.3, 0.4) is 0 Å². The summed E-state index contributed by atoms with van der Waals surface area (Å²) in [6, 6.07) is 0.274. The molecule has 1 aromatic rings. The first-order valence-electron chi connectivity index (χ1n) is 7.23. The van der Waals surface area contributed by atoms with Crippen molar-refractivity contribution in [2.24, 2.45) is 11.3 Å².